The zero-order valence-corrected chi connectivity index (χ0v) is 9.92. The summed E-state index contributed by atoms with van der Waals surface area (Å²) in [6.45, 7) is 0. The lowest BCUT2D eigenvalue weighted by Crippen LogP contribution is -2.16. The molecule has 9 heteroatoms. The first-order valence-electron chi connectivity index (χ1n) is 4.41. The van der Waals surface area contributed by atoms with Gasteiger partial charge in [-0.3, -0.25) is 10.1 Å². The van der Waals surface area contributed by atoms with Crippen LogP contribution in [0.4, 0.5) is 10.9 Å². The molecule has 0 unspecified atom stereocenters. The van der Waals surface area contributed by atoms with E-state index in [9.17, 15) is 4.79 Å². The Morgan fingerprint density at radius 2 is 2.29 bits per heavy atom. The van der Waals surface area contributed by atoms with Gasteiger partial charge in [0.1, 0.15) is 17.0 Å². The number of carbonyl (C=O) groups is 1. The van der Waals surface area contributed by atoms with Crippen molar-refractivity contribution in [3.05, 3.63) is 28.4 Å². The van der Waals surface area contributed by atoms with E-state index in [1.807, 2.05) is 0 Å². The van der Waals surface area contributed by atoms with Gasteiger partial charge in [0, 0.05) is 0 Å². The second-order valence-corrected chi connectivity index (χ2v) is 4.11. The Bertz CT molecular complexity index is 531. The molecule has 0 atom stereocenters. The third kappa shape index (κ3) is 2.67. The Hall–Kier alpha value is -1.77. The minimum Gasteiger partial charge on any atom is -0.308 e. The van der Waals surface area contributed by atoms with Crippen LogP contribution < -0.4 is 16.6 Å². The van der Waals surface area contributed by atoms with E-state index in [1.54, 1.807) is 6.07 Å². The Labute approximate surface area is 105 Å². The molecule has 0 aliphatic carbocycles. The summed E-state index contributed by atoms with van der Waals surface area (Å²) >= 11 is 7.06. The van der Waals surface area contributed by atoms with Gasteiger partial charge in [-0.25, -0.2) is 10.8 Å². The Morgan fingerprint density at radius 1 is 1.47 bits per heavy atom. The van der Waals surface area contributed by atoms with Crippen molar-refractivity contribution in [1.29, 1.82) is 0 Å². The predicted octanol–water partition coefficient (Wildman–Crippen LogP) is 1.12. The van der Waals surface area contributed by atoms with Gasteiger partial charge in [-0.15, -0.1) is 10.2 Å². The molecule has 4 N–H and O–H groups in total. The molecule has 0 bridgehead atoms. The first kappa shape index (κ1) is 11.7. The highest BCUT2D eigenvalue weighted by Gasteiger charge is 2.14. The van der Waals surface area contributed by atoms with Crippen molar-refractivity contribution in [3.63, 3.8) is 0 Å². The average Bonchev–Trinajstić information content (AvgIpc) is 2.82. The minimum absolute atomic E-state index is 0.0670. The number of nitrogens with one attached hydrogen (secondary N) is 2. The first-order chi connectivity index (χ1) is 8.20. The molecule has 1 amide bonds. The predicted molar refractivity (Wildman–Crippen MR) is 64.9 cm³/mol. The van der Waals surface area contributed by atoms with Gasteiger partial charge in [0.15, 0.2) is 0 Å². The van der Waals surface area contributed by atoms with Crippen molar-refractivity contribution in [2.45, 2.75) is 0 Å². The fourth-order valence-electron chi connectivity index (χ4n) is 1.07. The molecule has 2 heterocycles. The standard InChI is InChI=1S/C8H7ClN6OS/c9-4-1-2-5(14-10)12-6(4)7(16)13-8-15-11-3-17-8/h1-3H,10H2,(H,12,14)(H,13,15,16). The summed E-state index contributed by atoms with van der Waals surface area (Å²) in [5.74, 6) is 5.07. The topological polar surface area (TPSA) is 106 Å². The summed E-state index contributed by atoms with van der Waals surface area (Å²) < 4.78 is 0. The molecule has 0 spiro atoms. The quantitative estimate of drug-likeness (QED) is 0.570. The molecule has 17 heavy (non-hydrogen) atoms. The molecular weight excluding hydrogens is 264 g/mol. The first-order valence-corrected chi connectivity index (χ1v) is 5.67. The monoisotopic (exact) mass is 270 g/mol. The van der Waals surface area contributed by atoms with E-state index in [0.29, 0.717) is 10.9 Å². The highest BCUT2D eigenvalue weighted by atomic mass is 35.5. The highest BCUT2D eigenvalue weighted by molar-refractivity contribution is 7.13. The number of nitrogen functional groups attached to an aromatic ring is 1. The molecule has 7 nitrogen and oxygen atoms in total. The molecule has 0 aliphatic heterocycles. The number of aromatic nitrogens is 3. The van der Waals surface area contributed by atoms with Crippen LogP contribution in [-0.4, -0.2) is 21.1 Å². The Balaban J connectivity index is 2.24. The highest BCUT2D eigenvalue weighted by Crippen LogP contribution is 2.18. The molecule has 0 saturated heterocycles. The number of hydrazine groups is 1. The Morgan fingerprint density at radius 3 is 2.94 bits per heavy atom. The molecule has 88 valence electrons. The van der Waals surface area contributed by atoms with Gasteiger partial charge in [0.05, 0.1) is 5.02 Å². The number of hydrogen-bond donors (Lipinski definition) is 3. The van der Waals surface area contributed by atoms with Gasteiger partial charge < -0.3 is 5.43 Å². The van der Waals surface area contributed by atoms with Crippen LogP contribution in [0.5, 0.6) is 0 Å². The number of nitrogens with two attached hydrogens (primary N) is 1. The fraction of sp³-hybridized carbons (Fsp3) is 0. The number of carbonyl (C=O) groups excluding carboxylic acids is 1. The number of nitrogens with zero attached hydrogens (tertiary/aromatic N) is 3. The summed E-state index contributed by atoms with van der Waals surface area (Å²) in [5, 5.41) is 10.4. The number of amides is 1. The maximum atomic E-state index is 11.8. The van der Waals surface area contributed by atoms with E-state index in [-0.39, 0.29) is 10.7 Å². The van der Waals surface area contributed by atoms with E-state index in [2.05, 4.69) is 25.9 Å². The van der Waals surface area contributed by atoms with Gasteiger partial charge >= 0.3 is 0 Å². The third-order valence-electron chi connectivity index (χ3n) is 1.79. The zero-order chi connectivity index (χ0) is 12.3. The lowest BCUT2D eigenvalue weighted by atomic mass is 10.3. The molecule has 2 aromatic heterocycles. The SMILES string of the molecule is NNc1ccc(Cl)c(C(=O)Nc2nncs2)n1. The number of pyridine rings is 1. The summed E-state index contributed by atoms with van der Waals surface area (Å²) in [5.41, 5.74) is 3.90. The van der Waals surface area contributed by atoms with Crippen LogP contribution in [0.2, 0.25) is 5.02 Å². The van der Waals surface area contributed by atoms with Crippen LogP contribution in [0, 0.1) is 0 Å². The van der Waals surface area contributed by atoms with Crippen LogP contribution in [0.3, 0.4) is 0 Å². The van der Waals surface area contributed by atoms with Gasteiger partial charge in [0.25, 0.3) is 5.91 Å². The lowest BCUT2D eigenvalue weighted by molar-refractivity contribution is 0.102. The Kier molecular flexibility index (Phi) is 3.47. The maximum Gasteiger partial charge on any atom is 0.277 e. The van der Waals surface area contributed by atoms with Gasteiger partial charge in [-0.2, -0.15) is 0 Å². The summed E-state index contributed by atoms with van der Waals surface area (Å²) in [6, 6.07) is 3.09. The van der Waals surface area contributed by atoms with Crippen molar-refractivity contribution in [1.82, 2.24) is 15.2 Å². The fourth-order valence-corrected chi connectivity index (χ4v) is 1.70. The summed E-state index contributed by atoms with van der Waals surface area (Å²) in [6.07, 6.45) is 0. The van der Waals surface area contributed by atoms with Crippen molar-refractivity contribution < 1.29 is 4.79 Å². The van der Waals surface area contributed by atoms with Crippen LogP contribution >= 0.6 is 22.9 Å². The smallest absolute Gasteiger partial charge is 0.277 e. The van der Waals surface area contributed by atoms with E-state index in [4.69, 9.17) is 17.4 Å². The van der Waals surface area contributed by atoms with E-state index >= 15 is 0 Å². The van der Waals surface area contributed by atoms with Crippen LogP contribution in [0.25, 0.3) is 0 Å². The lowest BCUT2D eigenvalue weighted by Gasteiger charge is -2.05. The van der Waals surface area contributed by atoms with Crippen molar-refractivity contribution in [3.8, 4) is 0 Å². The van der Waals surface area contributed by atoms with Crippen molar-refractivity contribution in [2.24, 2.45) is 5.84 Å². The summed E-state index contributed by atoms with van der Waals surface area (Å²) in [4.78, 5) is 15.8. The summed E-state index contributed by atoms with van der Waals surface area (Å²) in [7, 11) is 0. The van der Waals surface area contributed by atoms with Crippen molar-refractivity contribution >= 4 is 39.8 Å². The van der Waals surface area contributed by atoms with Crippen molar-refractivity contribution in [2.75, 3.05) is 10.7 Å². The largest absolute Gasteiger partial charge is 0.308 e. The number of halogens is 1. The molecule has 0 aliphatic rings. The third-order valence-corrected chi connectivity index (χ3v) is 2.70. The molecular formula is C8H7ClN6OS. The molecule has 0 saturated carbocycles. The van der Waals surface area contributed by atoms with Crippen LogP contribution in [-0.2, 0) is 0 Å². The molecule has 0 aromatic carbocycles. The minimum atomic E-state index is -0.469. The number of anilines is 2. The second kappa shape index (κ2) is 5.04. The zero-order valence-electron chi connectivity index (χ0n) is 8.35. The van der Waals surface area contributed by atoms with Gasteiger partial charge in [0.2, 0.25) is 5.13 Å². The molecule has 2 rings (SSSR count). The second-order valence-electron chi connectivity index (χ2n) is 2.87. The van der Waals surface area contributed by atoms with E-state index < -0.39 is 5.91 Å². The molecule has 2 aromatic rings. The van der Waals surface area contributed by atoms with Crippen LogP contribution in [0.15, 0.2) is 17.6 Å². The van der Waals surface area contributed by atoms with E-state index in [0.717, 1.165) is 0 Å². The number of hydrogen-bond acceptors (Lipinski definition) is 7. The van der Waals surface area contributed by atoms with Gasteiger partial charge in [-0.05, 0) is 12.1 Å². The maximum absolute atomic E-state index is 11.8. The number of rotatable bonds is 3. The van der Waals surface area contributed by atoms with Gasteiger partial charge in [-0.1, -0.05) is 22.9 Å². The van der Waals surface area contributed by atoms with Crippen LogP contribution in [0.1, 0.15) is 10.5 Å². The molecule has 0 fully saturated rings. The average molecular weight is 271 g/mol. The normalized spacial score (nSPS) is 10.0. The molecule has 0 radical (unpaired) electrons. The van der Waals surface area contributed by atoms with E-state index in [1.165, 1.54) is 22.9 Å².